The molecule has 0 spiro atoms. The fourth-order valence-corrected chi connectivity index (χ4v) is 1.92. The van der Waals surface area contributed by atoms with Crippen molar-refractivity contribution in [1.29, 1.82) is 0 Å². The van der Waals surface area contributed by atoms with E-state index in [4.69, 9.17) is 23.2 Å². The second-order valence-electron chi connectivity index (χ2n) is 4.36. The Morgan fingerprint density at radius 3 is 2.40 bits per heavy atom. The predicted molar refractivity (Wildman–Crippen MR) is 85.3 cm³/mol. The number of aryl methyl sites for hydroxylation is 1. The molecule has 0 unspecified atom stereocenters. The van der Waals surface area contributed by atoms with E-state index in [0.29, 0.717) is 10.0 Å². The van der Waals surface area contributed by atoms with E-state index in [-0.39, 0.29) is 5.91 Å². The standard InChI is InChI=1S/C16H13Cl2NO/c1-11-2-6-13(7-3-11)19-16(20)9-5-12-4-8-14(17)15(18)10-12/h2-10H,1H3,(H,19,20). The Morgan fingerprint density at radius 1 is 1.05 bits per heavy atom. The highest BCUT2D eigenvalue weighted by Crippen LogP contribution is 2.23. The lowest BCUT2D eigenvalue weighted by Gasteiger charge is -2.02. The van der Waals surface area contributed by atoms with Crippen LogP contribution in [0, 0.1) is 6.92 Å². The molecule has 2 aromatic rings. The van der Waals surface area contributed by atoms with Crippen LogP contribution in [0.5, 0.6) is 0 Å². The van der Waals surface area contributed by atoms with Crippen LogP contribution in [0.15, 0.2) is 48.5 Å². The van der Waals surface area contributed by atoms with Crippen molar-refractivity contribution in [2.45, 2.75) is 6.92 Å². The van der Waals surface area contributed by atoms with E-state index in [0.717, 1.165) is 16.8 Å². The van der Waals surface area contributed by atoms with Gasteiger partial charge in [0.05, 0.1) is 10.0 Å². The maximum atomic E-state index is 11.8. The van der Waals surface area contributed by atoms with Crippen LogP contribution in [-0.4, -0.2) is 5.91 Å². The average molecular weight is 306 g/mol. The fraction of sp³-hybridized carbons (Fsp3) is 0.0625. The zero-order chi connectivity index (χ0) is 14.5. The van der Waals surface area contributed by atoms with Crippen molar-refractivity contribution in [2.75, 3.05) is 5.32 Å². The van der Waals surface area contributed by atoms with Crippen LogP contribution in [0.3, 0.4) is 0 Å². The number of anilines is 1. The van der Waals surface area contributed by atoms with Gasteiger partial charge < -0.3 is 5.32 Å². The quantitative estimate of drug-likeness (QED) is 0.798. The molecule has 0 aliphatic carbocycles. The van der Waals surface area contributed by atoms with Crippen LogP contribution in [0.1, 0.15) is 11.1 Å². The van der Waals surface area contributed by atoms with Gasteiger partial charge in [-0.25, -0.2) is 0 Å². The van der Waals surface area contributed by atoms with Gasteiger partial charge in [-0.2, -0.15) is 0 Å². The van der Waals surface area contributed by atoms with E-state index in [9.17, 15) is 4.79 Å². The summed E-state index contributed by atoms with van der Waals surface area (Å²) in [4.78, 5) is 11.8. The molecule has 0 atom stereocenters. The minimum absolute atomic E-state index is 0.195. The number of hydrogen-bond acceptors (Lipinski definition) is 1. The molecule has 4 heteroatoms. The Bertz CT molecular complexity index is 648. The molecule has 0 aliphatic rings. The first-order chi connectivity index (χ1) is 9.54. The van der Waals surface area contributed by atoms with Gasteiger partial charge in [0.25, 0.3) is 0 Å². The smallest absolute Gasteiger partial charge is 0.248 e. The molecule has 0 bridgehead atoms. The monoisotopic (exact) mass is 305 g/mol. The molecule has 0 fully saturated rings. The summed E-state index contributed by atoms with van der Waals surface area (Å²) in [6.07, 6.45) is 3.14. The SMILES string of the molecule is Cc1ccc(NC(=O)C=Cc2ccc(Cl)c(Cl)c2)cc1. The Labute approximate surface area is 128 Å². The fourth-order valence-electron chi connectivity index (χ4n) is 1.61. The highest BCUT2D eigenvalue weighted by molar-refractivity contribution is 6.42. The Kier molecular flexibility index (Phi) is 4.83. The first-order valence-electron chi connectivity index (χ1n) is 6.05. The van der Waals surface area contributed by atoms with Crippen LogP contribution in [0.4, 0.5) is 5.69 Å². The van der Waals surface area contributed by atoms with Crippen LogP contribution < -0.4 is 5.32 Å². The summed E-state index contributed by atoms with van der Waals surface area (Å²) in [5, 5.41) is 3.74. The molecule has 0 aromatic heterocycles. The molecule has 20 heavy (non-hydrogen) atoms. The number of carbonyl (C=O) groups excluding carboxylic acids is 1. The lowest BCUT2D eigenvalue weighted by atomic mass is 10.2. The van der Waals surface area contributed by atoms with Crippen molar-refractivity contribution in [3.05, 3.63) is 69.7 Å². The zero-order valence-corrected chi connectivity index (χ0v) is 12.4. The summed E-state index contributed by atoms with van der Waals surface area (Å²) in [5.41, 5.74) is 2.73. The second kappa shape index (κ2) is 6.60. The van der Waals surface area contributed by atoms with E-state index in [1.807, 2.05) is 31.2 Å². The zero-order valence-electron chi connectivity index (χ0n) is 10.9. The van der Waals surface area contributed by atoms with Crippen molar-refractivity contribution in [3.8, 4) is 0 Å². The number of halogens is 2. The first-order valence-corrected chi connectivity index (χ1v) is 6.81. The molecule has 2 rings (SSSR count). The molecule has 2 aromatic carbocycles. The maximum absolute atomic E-state index is 11.8. The minimum Gasteiger partial charge on any atom is -0.323 e. The summed E-state index contributed by atoms with van der Waals surface area (Å²) in [6, 6.07) is 12.8. The van der Waals surface area contributed by atoms with Crippen molar-refractivity contribution in [1.82, 2.24) is 0 Å². The molecular formula is C16H13Cl2NO. The molecule has 0 saturated carbocycles. The third-order valence-electron chi connectivity index (χ3n) is 2.69. The van der Waals surface area contributed by atoms with Crippen LogP contribution >= 0.6 is 23.2 Å². The molecular weight excluding hydrogens is 293 g/mol. The number of benzene rings is 2. The lowest BCUT2D eigenvalue weighted by molar-refractivity contribution is -0.111. The summed E-state index contributed by atoms with van der Waals surface area (Å²) < 4.78 is 0. The molecule has 0 heterocycles. The summed E-state index contributed by atoms with van der Waals surface area (Å²) in [6.45, 7) is 2.00. The van der Waals surface area contributed by atoms with E-state index in [1.54, 1.807) is 24.3 Å². The molecule has 1 amide bonds. The lowest BCUT2D eigenvalue weighted by Crippen LogP contribution is -2.07. The normalized spacial score (nSPS) is 10.8. The maximum Gasteiger partial charge on any atom is 0.248 e. The van der Waals surface area contributed by atoms with Gasteiger partial charge in [-0.1, -0.05) is 47.0 Å². The van der Waals surface area contributed by atoms with Gasteiger partial charge in [-0.3, -0.25) is 4.79 Å². The van der Waals surface area contributed by atoms with E-state index < -0.39 is 0 Å². The number of rotatable bonds is 3. The number of hydrogen-bond donors (Lipinski definition) is 1. The molecule has 0 radical (unpaired) electrons. The van der Waals surface area contributed by atoms with E-state index in [2.05, 4.69) is 5.32 Å². The third kappa shape index (κ3) is 4.12. The van der Waals surface area contributed by atoms with Gasteiger partial charge >= 0.3 is 0 Å². The number of carbonyl (C=O) groups is 1. The van der Waals surface area contributed by atoms with Crippen LogP contribution in [-0.2, 0) is 4.79 Å². The van der Waals surface area contributed by atoms with Crippen LogP contribution in [0.25, 0.3) is 6.08 Å². The molecule has 1 N–H and O–H groups in total. The van der Waals surface area contributed by atoms with Crippen molar-refractivity contribution < 1.29 is 4.79 Å². The van der Waals surface area contributed by atoms with E-state index >= 15 is 0 Å². The van der Waals surface area contributed by atoms with Crippen molar-refractivity contribution >= 4 is 40.9 Å². The highest BCUT2D eigenvalue weighted by Gasteiger charge is 1.99. The van der Waals surface area contributed by atoms with Crippen LogP contribution in [0.2, 0.25) is 10.0 Å². The highest BCUT2D eigenvalue weighted by atomic mass is 35.5. The number of amides is 1. The van der Waals surface area contributed by atoms with Gasteiger partial charge in [0.2, 0.25) is 5.91 Å². The Balaban J connectivity index is 2.01. The molecule has 102 valence electrons. The summed E-state index contributed by atoms with van der Waals surface area (Å²) in [5.74, 6) is -0.195. The van der Waals surface area contributed by atoms with Crippen molar-refractivity contribution in [3.63, 3.8) is 0 Å². The molecule has 2 nitrogen and oxygen atoms in total. The van der Waals surface area contributed by atoms with Gasteiger partial charge in [0.15, 0.2) is 0 Å². The summed E-state index contributed by atoms with van der Waals surface area (Å²) >= 11 is 11.7. The Hall–Kier alpha value is -1.77. The van der Waals surface area contributed by atoms with Gasteiger partial charge in [0, 0.05) is 11.8 Å². The predicted octanol–water partition coefficient (Wildman–Crippen LogP) is 4.95. The van der Waals surface area contributed by atoms with E-state index in [1.165, 1.54) is 6.08 Å². The Morgan fingerprint density at radius 2 is 1.75 bits per heavy atom. The summed E-state index contributed by atoms with van der Waals surface area (Å²) in [7, 11) is 0. The number of nitrogens with one attached hydrogen (secondary N) is 1. The largest absolute Gasteiger partial charge is 0.323 e. The van der Waals surface area contributed by atoms with Gasteiger partial charge in [-0.05, 0) is 42.8 Å². The molecule has 0 aliphatic heterocycles. The second-order valence-corrected chi connectivity index (χ2v) is 5.18. The average Bonchev–Trinajstić information content (AvgIpc) is 2.43. The molecule has 0 saturated heterocycles. The van der Waals surface area contributed by atoms with Crippen molar-refractivity contribution in [2.24, 2.45) is 0 Å². The first kappa shape index (κ1) is 14.6. The topological polar surface area (TPSA) is 29.1 Å². The van der Waals surface area contributed by atoms with Gasteiger partial charge in [0.1, 0.15) is 0 Å². The third-order valence-corrected chi connectivity index (χ3v) is 3.43. The van der Waals surface area contributed by atoms with Gasteiger partial charge in [-0.15, -0.1) is 0 Å². The minimum atomic E-state index is -0.195.